The van der Waals surface area contributed by atoms with Gasteiger partial charge >= 0.3 is 13.9 Å². The fraction of sp³-hybridized carbons (Fsp3) is 0.400. The van der Waals surface area contributed by atoms with Crippen LogP contribution in [0.1, 0.15) is 55.0 Å². The second kappa shape index (κ2) is 13.8. The van der Waals surface area contributed by atoms with Crippen LogP contribution in [0.15, 0.2) is 54.6 Å². The van der Waals surface area contributed by atoms with Crippen molar-refractivity contribution in [1.82, 2.24) is 9.88 Å². The van der Waals surface area contributed by atoms with E-state index in [1.807, 2.05) is 65.1 Å². The van der Waals surface area contributed by atoms with Gasteiger partial charge in [0.05, 0.1) is 22.5 Å². The number of carbonyl (C=O) groups is 1. The second-order valence-electron chi connectivity index (χ2n) is 10.0. The largest absolute Gasteiger partial charge is 0.461 e. The van der Waals surface area contributed by atoms with Crippen molar-refractivity contribution in [2.24, 2.45) is 0 Å². The molecule has 7 nitrogen and oxygen atoms in total. The number of hydrogen-bond acceptors (Lipinski definition) is 7. The minimum absolute atomic E-state index is 0.178. The van der Waals surface area contributed by atoms with E-state index in [1.54, 1.807) is 26.0 Å². The lowest BCUT2D eigenvalue weighted by molar-refractivity contribution is 0.0470. The molecule has 210 valence electrons. The van der Waals surface area contributed by atoms with Gasteiger partial charge in [-0.1, -0.05) is 60.1 Å². The highest BCUT2D eigenvalue weighted by Gasteiger charge is 2.52. The Morgan fingerprint density at radius 1 is 0.974 bits per heavy atom. The number of likely N-dealkylation sites (N-methyl/N-ethyl adjacent to an activating group) is 1. The summed E-state index contributed by atoms with van der Waals surface area (Å²) in [5.74, 6) is -0.551. The zero-order valence-electron chi connectivity index (χ0n) is 23.8. The Bertz CT molecular complexity index is 1260. The number of rotatable bonds is 12. The molecule has 3 rings (SSSR count). The van der Waals surface area contributed by atoms with Gasteiger partial charge in [-0.25, -0.2) is 4.79 Å². The normalized spacial score (nSPS) is 12.0. The van der Waals surface area contributed by atoms with Gasteiger partial charge in [0.15, 0.2) is 0 Å². The minimum atomic E-state index is -3.70. The molecule has 1 aromatic heterocycles. The SMILES string of the molecule is Cc1nc(C)c([P+](O)(OC(C)C)OC(C)C)c(-c2ccccc2Cl)c1C(=O)OCCN(C)Cc1ccccc1. The van der Waals surface area contributed by atoms with Crippen LogP contribution in [-0.2, 0) is 20.3 Å². The monoisotopic (exact) mass is 573 g/mol. The smallest absolute Gasteiger partial charge is 0.449 e. The summed E-state index contributed by atoms with van der Waals surface area (Å²) in [5, 5.41) is 0.748. The maximum atomic E-state index is 13.7. The molecule has 0 spiro atoms. The summed E-state index contributed by atoms with van der Waals surface area (Å²) in [6, 6.07) is 17.3. The fourth-order valence-corrected chi connectivity index (χ4v) is 7.01. The topological polar surface area (TPSA) is 81.1 Å². The number of hydrogen-bond donors (Lipinski definition) is 1. The van der Waals surface area contributed by atoms with Crippen molar-refractivity contribution in [2.45, 2.75) is 60.3 Å². The number of pyridine rings is 1. The molecule has 39 heavy (non-hydrogen) atoms. The highest BCUT2D eigenvalue weighted by atomic mass is 35.5. The fourth-order valence-electron chi connectivity index (χ4n) is 4.40. The summed E-state index contributed by atoms with van der Waals surface area (Å²) in [5.41, 5.74) is 3.36. The van der Waals surface area contributed by atoms with Gasteiger partial charge in [-0.15, -0.1) is 0 Å². The Balaban J connectivity index is 2.05. The quantitative estimate of drug-likeness (QED) is 0.195. The number of benzene rings is 2. The third-order valence-corrected chi connectivity index (χ3v) is 8.72. The van der Waals surface area contributed by atoms with Crippen LogP contribution in [0.2, 0.25) is 5.02 Å². The van der Waals surface area contributed by atoms with Crippen LogP contribution >= 0.6 is 19.5 Å². The first-order chi connectivity index (χ1) is 18.4. The molecule has 9 heteroatoms. The van der Waals surface area contributed by atoms with Gasteiger partial charge in [-0.3, -0.25) is 9.88 Å². The van der Waals surface area contributed by atoms with E-state index >= 15 is 0 Å². The zero-order valence-corrected chi connectivity index (χ0v) is 25.4. The molecule has 0 aliphatic rings. The number of aromatic nitrogens is 1. The first kappa shape index (κ1) is 31.2. The summed E-state index contributed by atoms with van der Waals surface area (Å²) < 4.78 is 17.9. The van der Waals surface area contributed by atoms with E-state index in [0.29, 0.717) is 39.4 Å². The number of esters is 1. The van der Waals surface area contributed by atoms with Crippen molar-refractivity contribution in [1.29, 1.82) is 0 Å². The molecule has 0 saturated heterocycles. The number of nitrogens with zero attached hydrogens (tertiary/aromatic N) is 2. The van der Waals surface area contributed by atoms with E-state index in [4.69, 9.17) is 25.4 Å². The Labute approximate surface area is 237 Å². The van der Waals surface area contributed by atoms with Gasteiger partial charge in [0.2, 0.25) is 5.30 Å². The average Bonchev–Trinajstić information content (AvgIpc) is 2.83. The van der Waals surface area contributed by atoms with Crippen molar-refractivity contribution in [3.05, 3.63) is 82.1 Å². The molecule has 0 amide bonds. The number of aryl methyl sites for hydroxylation is 2. The summed E-state index contributed by atoms with van der Waals surface area (Å²) in [7, 11) is -1.72. The molecule has 0 radical (unpaired) electrons. The average molecular weight is 574 g/mol. The molecular formula is C30H39ClN2O5P+. The molecule has 0 aliphatic heterocycles. The molecule has 2 aromatic carbocycles. The van der Waals surface area contributed by atoms with Crippen molar-refractivity contribution in [2.75, 3.05) is 20.2 Å². The van der Waals surface area contributed by atoms with Crippen LogP contribution in [0, 0.1) is 13.8 Å². The van der Waals surface area contributed by atoms with E-state index in [2.05, 4.69) is 22.0 Å². The Hall–Kier alpha value is -2.38. The van der Waals surface area contributed by atoms with Crippen LogP contribution in [0.25, 0.3) is 11.1 Å². The molecule has 1 N–H and O–H groups in total. The third kappa shape index (κ3) is 8.07. The van der Waals surface area contributed by atoms with E-state index in [9.17, 15) is 9.69 Å². The van der Waals surface area contributed by atoms with Crippen molar-refractivity contribution >= 4 is 30.8 Å². The first-order valence-electron chi connectivity index (χ1n) is 13.1. The maximum Gasteiger partial charge on any atom is 0.449 e. The number of ether oxygens (including phenoxy) is 1. The van der Waals surface area contributed by atoms with Crippen molar-refractivity contribution in [3.8, 4) is 11.1 Å². The molecule has 1 heterocycles. The van der Waals surface area contributed by atoms with Crippen molar-refractivity contribution < 1.29 is 23.5 Å². The molecule has 0 aliphatic carbocycles. The lowest BCUT2D eigenvalue weighted by atomic mass is 9.98. The van der Waals surface area contributed by atoms with E-state index in [-0.39, 0.29) is 24.4 Å². The van der Waals surface area contributed by atoms with Gasteiger partial charge in [-0.2, -0.15) is 13.9 Å². The minimum Gasteiger partial charge on any atom is -0.461 e. The lowest BCUT2D eigenvalue weighted by Crippen LogP contribution is -2.30. The molecule has 0 saturated carbocycles. The molecule has 3 aromatic rings. The Morgan fingerprint density at radius 2 is 1.56 bits per heavy atom. The van der Waals surface area contributed by atoms with E-state index in [1.165, 1.54) is 5.56 Å². The maximum absolute atomic E-state index is 13.7. The van der Waals surface area contributed by atoms with Gasteiger partial charge in [0.1, 0.15) is 18.8 Å². The lowest BCUT2D eigenvalue weighted by Gasteiger charge is -2.25. The summed E-state index contributed by atoms with van der Waals surface area (Å²) >= 11 is 6.67. The van der Waals surface area contributed by atoms with Crippen LogP contribution in [0.4, 0.5) is 0 Å². The van der Waals surface area contributed by atoms with Gasteiger partial charge in [0, 0.05) is 23.7 Å². The molecular weight excluding hydrogens is 535 g/mol. The summed E-state index contributed by atoms with van der Waals surface area (Å²) in [6.07, 6.45) is -0.699. The Morgan fingerprint density at radius 3 is 2.15 bits per heavy atom. The summed E-state index contributed by atoms with van der Waals surface area (Å²) in [6.45, 7) is 12.3. The van der Waals surface area contributed by atoms with Crippen LogP contribution in [-0.4, -0.2) is 53.2 Å². The predicted octanol–water partition coefficient (Wildman–Crippen LogP) is 6.54. The highest BCUT2D eigenvalue weighted by molar-refractivity contribution is 7.69. The molecule has 0 fully saturated rings. The Kier molecular flexibility index (Phi) is 11.0. The second-order valence-corrected chi connectivity index (χ2v) is 12.4. The molecule has 0 atom stereocenters. The number of halogens is 1. The zero-order chi connectivity index (χ0) is 28.7. The summed E-state index contributed by atoms with van der Waals surface area (Å²) in [4.78, 5) is 32.3. The van der Waals surface area contributed by atoms with Gasteiger partial charge < -0.3 is 4.74 Å². The van der Waals surface area contributed by atoms with Crippen LogP contribution in [0.5, 0.6) is 0 Å². The molecule has 0 unspecified atom stereocenters. The van der Waals surface area contributed by atoms with E-state index < -0.39 is 13.9 Å². The van der Waals surface area contributed by atoms with Crippen LogP contribution in [0.3, 0.4) is 0 Å². The van der Waals surface area contributed by atoms with Crippen molar-refractivity contribution in [3.63, 3.8) is 0 Å². The van der Waals surface area contributed by atoms with Gasteiger partial charge in [-0.05, 0) is 60.2 Å². The first-order valence-corrected chi connectivity index (χ1v) is 15.0. The molecule has 0 bridgehead atoms. The van der Waals surface area contributed by atoms with Gasteiger partial charge in [0.25, 0.3) is 0 Å². The standard InChI is InChI=1S/C30H39ClN2O5P/c1-20(2)37-39(35,38-21(3)4)29-23(6)32-22(5)27(28(29)25-15-11-12-16-26(25)31)30(34)36-18-17-33(7)19-24-13-9-8-10-14-24/h8-16,20-21,35H,17-19H2,1-7H3/q+1. The highest BCUT2D eigenvalue weighted by Crippen LogP contribution is 2.60. The third-order valence-electron chi connectivity index (χ3n) is 5.87. The number of carbonyl (C=O) groups excluding carboxylic acids is 1. The predicted molar refractivity (Wildman–Crippen MR) is 158 cm³/mol. The van der Waals surface area contributed by atoms with Crippen LogP contribution < -0.4 is 5.30 Å². The van der Waals surface area contributed by atoms with E-state index in [0.717, 1.165) is 6.54 Å².